The number of rotatable bonds is 9. The molecule has 37 heavy (non-hydrogen) atoms. The molecule has 0 N–H and O–H groups in total. The van der Waals surface area contributed by atoms with Gasteiger partial charge in [0.15, 0.2) is 0 Å². The molecule has 0 radical (unpaired) electrons. The highest BCUT2D eigenvalue weighted by molar-refractivity contribution is 5.91. The summed E-state index contributed by atoms with van der Waals surface area (Å²) >= 11 is 0. The third kappa shape index (κ3) is 7.15. The number of carbonyl (C=O) groups is 1. The molecule has 0 bridgehead atoms. The first-order valence-corrected chi connectivity index (χ1v) is 13.4. The minimum atomic E-state index is -0.698. The van der Waals surface area contributed by atoms with Crippen LogP contribution in [0.1, 0.15) is 91.3 Å². The maximum absolute atomic E-state index is 14.4. The molecule has 0 spiro atoms. The molecule has 0 aromatic heterocycles. The fourth-order valence-electron chi connectivity index (χ4n) is 5.48. The van der Waals surface area contributed by atoms with E-state index in [9.17, 15) is 13.6 Å². The minimum absolute atomic E-state index is 0.00601. The third-order valence-corrected chi connectivity index (χ3v) is 7.64. The van der Waals surface area contributed by atoms with Gasteiger partial charge in [0, 0.05) is 17.7 Å². The first kappa shape index (κ1) is 26.8. The number of ether oxygens (including phenoxy) is 1. The molecule has 1 aliphatic rings. The summed E-state index contributed by atoms with van der Waals surface area (Å²) in [6, 6.07) is 20.4. The Morgan fingerprint density at radius 3 is 2.24 bits per heavy atom. The molecule has 4 heteroatoms. The summed E-state index contributed by atoms with van der Waals surface area (Å²) in [5.41, 5.74) is 3.02. The van der Waals surface area contributed by atoms with E-state index in [4.69, 9.17) is 4.74 Å². The lowest BCUT2D eigenvalue weighted by atomic mass is 9.75. The van der Waals surface area contributed by atoms with Crippen molar-refractivity contribution in [1.82, 2.24) is 0 Å². The van der Waals surface area contributed by atoms with Crippen molar-refractivity contribution in [3.05, 3.63) is 113 Å². The van der Waals surface area contributed by atoms with E-state index in [1.165, 1.54) is 30.4 Å². The third-order valence-electron chi connectivity index (χ3n) is 7.64. The van der Waals surface area contributed by atoms with Crippen LogP contribution in [-0.4, -0.2) is 5.97 Å². The zero-order valence-electron chi connectivity index (χ0n) is 21.8. The molecule has 0 aliphatic heterocycles. The number of halogens is 2. The van der Waals surface area contributed by atoms with Crippen LogP contribution in [0.25, 0.3) is 0 Å². The van der Waals surface area contributed by atoms with Gasteiger partial charge in [0.05, 0.1) is 5.56 Å². The molecule has 0 unspecified atom stereocenters. The first-order valence-electron chi connectivity index (χ1n) is 13.4. The van der Waals surface area contributed by atoms with Crippen LogP contribution in [0.3, 0.4) is 0 Å². The maximum Gasteiger partial charge on any atom is 0.343 e. The average Bonchev–Trinajstić information content (AvgIpc) is 2.91. The predicted octanol–water partition coefficient (Wildman–Crippen LogP) is 9.16. The highest BCUT2D eigenvalue weighted by Gasteiger charge is 2.24. The zero-order valence-corrected chi connectivity index (χ0v) is 21.8. The quantitative estimate of drug-likeness (QED) is 0.166. The van der Waals surface area contributed by atoms with Gasteiger partial charge in [0.2, 0.25) is 0 Å². The number of benzene rings is 3. The molecule has 2 nitrogen and oxygen atoms in total. The molecule has 1 atom stereocenters. The second kappa shape index (κ2) is 12.8. The van der Waals surface area contributed by atoms with Crippen LogP contribution in [0.15, 0.2) is 78.9 Å². The van der Waals surface area contributed by atoms with Crippen LogP contribution in [0.5, 0.6) is 5.75 Å². The number of allylic oxidation sites excluding steroid dienone is 2. The van der Waals surface area contributed by atoms with Crippen molar-refractivity contribution in [1.29, 1.82) is 0 Å². The summed E-state index contributed by atoms with van der Waals surface area (Å²) in [5, 5.41) is 0. The summed E-state index contributed by atoms with van der Waals surface area (Å²) in [6.07, 6.45) is 10.4. The van der Waals surface area contributed by atoms with Crippen LogP contribution in [0, 0.1) is 17.6 Å². The van der Waals surface area contributed by atoms with Crippen LogP contribution in [0.2, 0.25) is 0 Å². The van der Waals surface area contributed by atoms with Gasteiger partial charge >= 0.3 is 5.97 Å². The normalized spacial score (nSPS) is 18.6. The molecule has 1 saturated carbocycles. The largest absolute Gasteiger partial charge is 0.423 e. The lowest BCUT2D eigenvalue weighted by Crippen LogP contribution is -2.15. The van der Waals surface area contributed by atoms with Gasteiger partial charge in [-0.2, -0.15) is 0 Å². The summed E-state index contributed by atoms with van der Waals surface area (Å²) in [4.78, 5) is 12.6. The van der Waals surface area contributed by atoms with E-state index in [0.29, 0.717) is 23.8 Å². The molecule has 0 amide bonds. The van der Waals surface area contributed by atoms with Gasteiger partial charge in [0.25, 0.3) is 0 Å². The summed E-state index contributed by atoms with van der Waals surface area (Å²) in [6.45, 7) is 4.18. The Morgan fingerprint density at radius 2 is 1.62 bits per heavy atom. The monoisotopic (exact) mass is 502 g/mol. The molecule has 0 heterocycles. The van der Waals surface area contributed by atoms with Crippen molar-refractivity contribution >= 4 is 5.97 Å². The molecule has 1 aliphatic carbocycles. The summed E-state index contributed by atoms with van der Waals surface area (Å²) in [7, 11) is 0. The second-order valence-corrected chi connectivity index (χ2v) is 10.2. The molecular formula is C33H36F2O2. The van der Waals surface area contributed by atoms with E-state index >= 15 is 0 Å². The zero-order chi connectivity index (χ0) is 26.2. The molecule has 3 aromatic carbocycles. The Bertz CT molecular complexity index is 1170. The van der Waals surface area contributed by atoms with E-state index in [-0.39, 0.29) is 17.7 Å². The van der Waals surface area contributed by atoms with Crippen LogP contribution < -0.4 is 4.74 Å². The number of carbonyl (C=O) groups excluding carboxylic acids is 1. The average molecular weight is 503 g/mol. The van der Waals surface area contributed by atoms with E-state index < -0.39 is 17.6 Å². The highest BCUT2D eigenvalue weighted by atomic mass is 19.1. The van der Waals surface area contributed by atoms with E-state index in [0.717, 1.165) is 30.9 Å². The van der Waals surface area contributed by atoms with Gasteiger partial charge in [-0.1, -0.05) is 61.5 Å². The molecule has 0 saturated heterocycles. The Hall–Kier alpha value is -3.27. The Balaban J connectivity index is 1.30. The van der Waals surface area contributed by atoms with Gasteiger partial charge < -0.3 is 4.74 Å². The Labute approximate surface area is 219 Å². The van der Waals surface area contributed by atoms with E-state index in [1.807, 2.05) is 31.2 Å². The summed E-state index contributed by atoms with van der Waals surface area (Å²) < 4.78 is 34.0. The van der Waals surface area contributed by atoms with Gasteiger partial charge in [0.1, 0.15) is 17.4 Å². The lowest BCUT2D eigenvalue weighted by Gasteiger charge is -2.30. The molecule has 3 aromatic rings. The maximum atomic E-state index is 14.4. The number of hydrogen-bond donors (Lipinski definition) is 0. The van der Waals surface area contributed by atoms with Gasteiger partial charge in [-0.25, -0.2) is 13.6 Å². The Kier molecular flexibility index (Phi) is 9.27. The van der Waals surface area contributed by atoms with Gasteiger partial charge in [-0.05, 0) is 92.9 Å². The van der Waals surface area contributed by atoms with Crippen molar-refractivity contribution in [3.63, 3.8) is 0 Å². The summed E-state index contributed by atoms with van der Waals surface area (Å²) in [5.74, 6) is -0.326. The first-order chi connectivity index (χ1) is 17.9. The molecule has 4 rings (SSSR count). The van der Waals surface area contributed by atoms with Gasteiger partial charge in [-0.15, -0.1) is 0 Å². The minimum Gasteiger partial charge on any atom is -0.423 e. The smallest absolute Gasteiger partial charge is 0.343 e. The van der Waals surface area contributed by atoms with Crippen LogP contribution >= 0.6 is 0 Å². The molecular weight excluding hydrogens is 466 g/mol. The fourth-order valence-corrected chi connectivity index (χ4v) is 5.48. The lowest BCUT2D eigenvalue weighted by molar-refractivity contribution is 0.0734. The SMILES string of the molecule is CC=CCCc1c(F)cc(OC(=O)c2ccc(C3CCC(C[C@H](C)c4ccccc4)CC3)cc2)cc1F. The van der Waals surface area contributed by atoms with Crippen molar-refractivity contribution in [2.45, 2.75) is 70.6 Å². The standard InChI is InChI=1S/C33H36F2O2/c1-3-4-6-11-30-31(34)21-29(22-32(30)35)37-33(36)28-18-16-27(17-19-28)26-14-12-24(13-15-26)20-23(2)25-9-7-5-8-10-25/h3-5,7-10,16-19,21-24,26H,6,11-15,20H2,1-2H3/t23-,24?,26?/m0/s1. The second-order valence-electron chi connectivity index (χ2n) is 10.2. The van der Waals surface area contributed by atoms with E-state index in [1.54, 1.807) is 12.1 Å². The van der Waals surface area contributed by atoms with Crippen molar-refractivity contribution in [2.24, 2.45) is 5.92 Å². The van der Waals surface area contributed by atoms with Crippen molar-refractivity contribution in [2.75, 3.05) is 0 Å². The fraction of sp³-hybridized carbons (Fsp3) is 0.364. The Morgan fingerprint density at radius 1 is 0.973 bits per heavy atom. The topological polar surface area (TPSA) is 26.3 Å². The number of esters is 1. The van der Waals surface area contributed by atoms with Crippen molar-refractivity contribution in [3.8, 4) is 5.75 Å². The van der Waals surface area contributed by atoms with Gasteiger partial charge in [-0.3, -0.25) is 0 Å². The molecule has 1 fully saturated rings. The molecule has 194 valence electrons. The van der Waals surface area contributed by atoms with Crippen molar-refractivity contribution < 1.29 is 18.3 Å². The van der Waals surface area contributed by atoms with Crippen LogP contribution in [0.4, 0.5) is 8.78 Å². The van der Waals surface area contributed by atoms with E-state index in [2.05, 4.69) is 37.3 Å². The number of hydrogen-bond acceptors (Lipinski definition) is 2. The van der Waals surface area contributed by atoms with Crippen LogP contribution in [-0.2, 0) is 6.42 Å². The highest BCUT2D eigenvalue weighted by Crippen LogP contribution is 2.39. The predicted molar refractivity (Wildman–Crippen MR) is 145 cm³/mol.